The molecule has 1 aliphatic rings. The molecule has 172 valence electrons. The number of morpholine rings is 1. The summed E-state index contributed by atoms with van der Waals surface area (Å²) in [7, 11) is 0. The molecule has 0 aromatic heterocycles. The van der Waals surface area contributed by atoms with Gasteiger partial charge in [0, 0.05) is 39.3 Å². The summed E-state index contributed by atoms with van der Waals surface area (Å²) in [5, 5.41) is 16.0. The summed E-state index contributed by atoms with van der Waals surface area (Å²) in [6, 6.07) is 8.73. The van der Waals surface area contributed by atoms with Crippen LogP contribution in [-0.2, 0) is 17.8 Å². The first-order chi connectivity index (χ1) is 14.1. The largest absolute Gasteiger partial charge is 0.396 e. The van der Waals surface area contributed by atoms with Crippen molar-refractivity contribution in [2.24, 2.45) is 10.9 Å². The van der Waals surface area contributed by atoms with Crippen LogP contribution in [-0.4, -0.2) is 61.5 Å². The van der Waals surface area contributed by atoms with Crippen LogP contribution < -0.4 is 10.6 Å². The number of nitrogens with one attached hydrogen (secondary N) is 2. The zero-order valence-corrected chi connectivity index (χ0v) is 21.2. The van der Waals surface area contributed by atoms with Gasteiger partial charge in [-0.2, -0.15) is 0 Å². The lowest BCUT2D eigenvalue weighted by Gasteiger charge is -2.31. The standard InChI is InChI=1S/C23H40N4O2.HI/c1-4-7-20(10-12-28)15-25-23(24-5-2)26-16-21-8-6-9-22(14-21)18-27-11-13-29-19(3)17-27;/h6,8-9,14,19-20,28H,4-5,7,10-13,15-18H2,1-3H3,(H2,24,25,26);1H. The fraction of sp³-hybridized carbons (Fsp3) is 0.696. The Morgan fingerprint density at radius 2 is 2.07 bits per heavy atom. The van der Waals surface area contributed by atoms with Gasteiger partial charge in [0.05, 0.1) is 19.3 Å². The van der Waals surface area contributed by atoms with Crippen LogP contribution in [0, 0.1) is 5.92 Å². The summed E-state index contributed by atoms with van der Waals surface area (Å²) < 4.78 is 5.64. The van der Waals surface area contributed by atoms with E-state index in [-0.39, 0.29) is 30.6 Å². The first-order valence-electron chi connectivity index (χ1n) is 11.2. The van der Waals surface area contributed by atoms with E-state index in [0.29, 0.717) is 18.6 Å². The third-order valence-corrected chi connectivity index (χ3v) is 5.28. The number of guanidine groups is 1. The molecule has 6 nitrogen and oxygen atoms in total. The van der Waals surface area contributed by atoms with Crippen LogP contribution in [0.4, 0.5) is 0 Å². The van der Waals surface area contributed by atoms with Gasteiger partial charge in [0.25, 0.3) is 0 Å². The van der Waals surface area contributed by atoms with Crippen LogP contribution in [0.25, 0.3) is 0 Å². The third kappa shape index (κ3) is 10.4. The third-order valence-electron chi connectivity index (χ3n) is 5.28. The molecule has 0 aliphatic carbocycles. The Morgan fingerprint density at radius 1 is 1.27 bits per heavy atom. The van der Waals surface area contributed by atoms with E-state index in [1.807, 2.05) is 0 Å². The predicted molar refractivity (Wildman–Crippen MR) is 135 cm³/mol. The van der Waals surface area contributed by atoms with Crippen LogP contribution in [0.3, 0.4) is 0 Å². The zero-order valence-electron chi connectivity index (χ0n) is 18.9. The van der Waals surface area contributed by atoms with E-state index >= 15 is 0 Å². The molecule has 1 aromatic rings. The molecule has 7 heteroatoms. The maximum atomic E-state index is 9.26. The highest BCUT2D eigenvalue weighted by atomic mass is 127. The summed E-state index contributed by atoms with van der Waals surface area (Å²) in [5.74, 6) is 1.33. The summed E-state index contributed by atoms with van der Waals surface area (Å²) in [6.45, 7) is 12.7. The summed E-state index contributed by atoms with van der Waals surface area (Å²) >= 11 is 0. The number of hydrogen-bond donors (Lipinski definition) is 3. The van der Waals surface area contributed by atoms with Gasteiger partial charge in [0.2, 0.25) is 0 Å². The number of nitrogens with zero attached hydrogens (tertiary/aromatic N) is 2. The van der Waals surface area contributed by atoms with E-state index in [9.17, 15) is 5.11 Å². The molecule has 0 saturated carbocycles. The second-order valence-electron chi connectivity index (χ2n) is 7.98. The van der Waals surface area contributed by atoms with Crippen molar-refractivity contribution in [3.63, 3.8) is 0 Å². The molecule has 1 aliphatic heterocycles. The lowest BCUT2D eigenvalue weighted by molar-refractivity contribution is -0.0212. The quantitative estimate of drug-likeness (QED) is 0.232. The maximum Gasteiger partial charge on any atom is 0.191 e. The van der Waals surface area contributed by atoms with Gasteiger partial charge in [-0.15, -0.1) is 24.0 Å². The van der Waals surface area contributed by atoms with Crippen molar-refractivity contribution in [1.29, 1.82) is 0 Å². The number of halogens is 1. The minimum absolute atomic E-state index is 0. The van der Waals surface area contributed by atoms with Crippen molar-refractivity contribution in [2.75, 3.05) is 39.4 Å². The molecule has 1 aromatic carbocycles. The Kier molecular flexibility index (Phi) is 14.3. The summed E-state index contributed by atoms with van der Waals surface area (Å²) in [5.41, 5.74) is 2.55. The Labute approximate surface area is 199 Å². The molecule has 3 N–H and O–H groups in total. The van der Waals surface area contributed by atoms with Crippen molar-refractivity contribution < 1.29 is 9.84 Å². The van der Waals surface area contributed by atoms with Crippen molar-refractivity contribution in [3.05, 3.63) is 35.4 Å². The summed E-state index contributed by atoms with van der Waals surface area (Å²) in [4.78, 5) is 7.23. The van der Waals surface area contributed by atoms with Crippen molar-refractivity contribution in [2.45, 2.75) is 59.2 Å². The molecule has 1 saturated heterocycles. The Hall–Kier alpha value is -0.900. The molecule has 2 unspecified atom stereocenters. The van der Waals surface area contributed by atoms with Gasteiger partial charge in [-0.25, -0.2) is 4.99 Å². The zero-order chi connectivity index (χ0) is 20.9. The molecule has 2 atom stereocenters. The number of ether oxygens (including phenoxy) is 1. The van der Waals surface area contributed by atoms with Gasteiger partial charge in [-0.1, -0.05) is 37.6 Å². The van der Waals surface area contributed by atoms with Gasteiger partial charge in [-0.3, -0.25) is 4.90 Å². The van der Waals surface area contributed by atoms with Crippen molar-refractivity contribution in [1.82, 2.24) is 15.5 Å². The van der Waals surface area contributed by atoms with Crippen LogP contribution in [0.1, 0.15) is 51.2 Å². The average Bonchev–Trinajstić information content (AvgIpc) is 2.70. The molecule has 2 rings (SSSR count). The fourth-order valence-electron chi connectivity index (χ4n) is 3.81. The minimum atomic E-state index is 0. The lowest BCUT2D eigenvalue weighted by Crippen LogP contribution is -2.40. The molecular formula is C23H41IN4O2. The van der Waals surface area contributed by atoms with Gasteiger partial charge < -0.3 is 20.5 Å². The van der Waals surface area contributed by atoms with E-state index in [1.165, 1.54) is 11.1 Å². The number of benzene rings is 1. The molecule has 0 spiro atoms. The first-order valence-corrected chi connectivity index (χ1v) is 11.2. The van der Waals surface area contributed by atoms with Crippen molar-refractivity contribution >= 4 is 29.9 Å². The Morgan fingerprint density at radius 3 is 2.77 bits per heavy atom. The fourth-order valence-corrected chi connectivity index (χ4v) is 3.81. The number of aliphatic imine (C=N–C) groups is 1. The van der Waals surface area contributed by atoms with Crippen LogP contribution in [0.15, 0.2) is 29.3 Å². The first kappa shape index (κ1) is 27.1. The van der Waals surface area contributed by atoms with Crippen LogP contribution >= 0.6 is 24.0 Å². The second-order valence-corrected chi connectivity index (χ2v) is 7.98. The van der Waals surface area contributed by atoms with Gasteiger partial charge in [0.1, 0.15) is 0 Å². The Bertz CT molecular complexity index is 609. The van der Waals surface area contributed by atoms with Gasteiger partial charge in [0.15, 0.2) is 5.96 Å². The highest BCUT2D eigenvalue weighted by molar-refractivity contribution is 14.0. The average molecular weight is 533 g/mol. The molecule has 30 heavy (non-hydrogen) atoms. The van der Waals surface area contributed by atoms with Crippen LogP contribution in [0.2, 0.25) is 0 Å². The highest BCUT2D eigenvalue weighted by Gasteiger charge is 2.16. The molecule has 0 amide bonds. The second kappa shape index (κ2) is 15.8. The normalized spacial score (nSPS) is 18.5. The number of rotatable bonds is 11. The van der Waals surface area contributed by atoms with E-state index in [4.69, 9.17) is 9.73 Å². The van der Waals surface area contributed by atoms with Gasteiger partial charge >= 0.3 is 0 Å². The van der Waals surface area contributed by atoms with Crippen LogP contribution in [0.5, 0.6) is 0 Å². The van der Waals surface area contributed by atoms with E-state index in [1.54, 1.807) is 0 Å². The number of hydrogen-bond acceptors (Lipinski definition) is 4. The van der Waals surface area contributed by atoms with E-state index in [2.05, 4.69) is 60.6 Å². The Balaban J connectivity index is 0.00000450. The molecule has 0 radical (unpaired) electrons. The SMILES string of the molecule is CCCC(CCO)CNC(=NCc1cccc(CN2CCOC(C)C2)c1)NCC.I. The van der Waals surface area contributed by atoms with Gasteiger partial charge in [-0.05, 0) is 43.7 Å². The molecular weight excluding hydrogens is 491 g/mol. The highest BCUT2D eigenvalue weighted by Crippen LogP contribution is 2.13. The predicted octanol–water partition coefficient (Wildman–Crippen LogP) is 3.38. The molecule has 1 heterocycles. The van der Waals surface area contributed by atoms with Crippen molar-refractivity contribution in [3.8, 4) is 0 Å². The monoisotopic (exact) mass is 532 g/mol. The number of aliphatic hydroxyl groups is 1. The minimum Gasteiger partial charge on any atom is -0.396 e. The molecule has 0 bridgehead atoms. The van der Waals surface area contributed by atoms with E-state index < -0.39 is 0 Å². The molecule has 1 fully saturated rings. The smallest absolute Gasteiger partial charge is 0.191 e. The topological polar surface area (TPSA) is 69.1 Å². The summed E-state index contributed by atoms with van der Waals surface area (Å²) in [6.07, 6.45) is 3.40. The lowest BCUT2D eigenvalue weighted by atomic mass is 10.0. The number of aliphatic hydroxyl groups excluding tert-OH is 1. The maximum absolute atomic E-state index is 9.26. The van der Waals surface area contributed by atoms with E-state index in [0.717, 1.165) is 64.6 Å².